The zero-order valence-electron chi connectivity index (χ0n) is 12.4. The number of non-ortho nitro benzene ring substituents is 2. The van der Waals surface area contributed by atoms with Gasteiger partial charge in [0.1, 0.15) is 0 Å². The summed E-state index contributed by atoms with van der Waals surface area (Å²) in [6.45, 7) is 0.688. The summed E-state index contributed by atoms with van der Waals surface area (Å²) in [5.74, 6) is 0. The summed E-state index contributed by atoms with van der Waals surface area (Å²) in [4.78, 5) is 21.1. The first kappa shape index (κ1) is 14.7. The SMILES string of the molecule is O=[N+]([O-])c1cccc(C2(C3(c4cccc([N+](=O)[O-])c4)CO3)CO2)c1. The van der Waals surface area contributed by atoms with E-state index in [4.69, 9.17) is 9.47 Å². The molecule has 24 heavy (non-hydrogen) atoms. The first-order valence-corrected chi connectivity index (χ1v) is 7.26. The number of epoxide rings is 2. The van der Waals surface area contributed by atoms with Crippen LogP contribution in [0, 0.1) is 20.2 Å². The summed E-state index contributed by atoms with van der Waals surface area (Å²) in [5, 5.41) is 22.0. The highest BCUT2D eigenvalue weighted by molar-refractivity contribution is 5.48. The Morgan fingerprint density at radius 3 is 1.46 bits per heavy atom. The summed E-state index contributed by atoms with van der Waals surface area (Å²) < 4.78 is 11.4. The van der Waals surface area contributed by atoms with Crippen molar-refractivity contribution in [1.82, 2.24) is 0 Å². The van der Waals surface area contributed by atoms with E-state index in [-0.39, 0.29) is 11.4 Å². The maximum absolute atomic E-state index is 11.0. The molecule has 0 aliphatic carbocycles. The number of nitrogens with zero attached hydrogens (tertiary/aromatic N) is 2. The van der Waals surface area contributed by atoms with Crippen LogP contribution in [0.15, 0.2) is 48.5 Å². The number of nitro benzene ring substituents is 2. The van der Waals surface area contributed by atoms with Crippen LogP contribution in [0.25, 0.3) is 0 Å². The number of hydrogen-bond acceptors (Lipinski definition) is 6. The molecule has 0 bridgehead atoms. The Morgan fingerprint density at radius 2 is 1.17 bits per heavy atom. The Hall–Kier alpha value is -2.84. The molecule has 2 heterocycles. The second-order valence-electron chi connectivity index (χ2n) is 5.85. The summed E-state index contributed by atoms with van der Waals surface area (Å²) in [6.07, 6.45) is 0. The van der Waals surface area contributed by atoms with Gasteiger partial charge >= 0.3 is 0 Å². The van der Waals surface area contributed by atoms with Gasteiger partial charge in [-0.3, -0.25) is 20.2 Å². The van der Waals surface area contributed by atoms with Crippen molar-refractivity contribution in [3.05, 3.63) is 79.9 Å². The third-order valence-electron chi connectivity index (χ3n) is 4.56. The van der Waals surface area contributed by atoms with Gasteiger partial charge in [-0.25, -0.2) is 0 Å². The fraction of sp³-hybridized carbons (Fsp3) is 0.250. The molecule has 2 aromatic rings. The van der Waals surface area contributed by atoms with Crippen LogP contribution in [-0.2, 0) is 20.7 Å². The van der Waals surface area contributed by atoms with Gasteiger partial charge < -0.3 is 9.47 Å². The van der Waals surface area contributed by atoms with Gasteiger partial charge in [-0.1, -0.05) is 24.3 Å². The lowest BCUT2D eigenvalue weighted by molar-refractivity contribution is -0.385. The highest BCUT2D eigenvalue weighted by atomic mass is 16.7. The van der Waals surface area contributed by atoms with Crippen molar-refractivity contribution >= 4 is 11.4 Å². The molecule has 2 saturated heterocycles. The van der Waals surface area contributed by atoms with Gasteiger partial charge in [0.15, 0.2) is 11.2 Å². The van der Waals surface area contributed by atoms with Crippen molar-refractivity contribution in [3.8, 4) is 0 Å². The minimum atomic E-state index is -0.839. The first-order chi connectivity index (χ1) is 11.5. The Bertz CT molecular complexity index is 786. The van der Waals surface area contributed by atoms with Crippen molar-refractivity contribution in [1.29, 1.82) is 0 Å². The van der Waals surface area contributed by atoms with Crippen LogP contribution >= 0.6 is 0 Å². The molecule has 122 valence electrons. The monoisotopic (exact) mass is 328 g/mol. The van der Waals surface area contributed by atoms with Crippen molar-refractivity contribution in [2.75, 3.05) is 13.2 Å². The number of hydrogen-bond donors (Lipinski definition) is 0. The molecule has 2 aromatic carbocycles. The van der Waals surface area contributed by atoms with E-state index in [0.29, 0.717) is 24.3 Å². The van der Waals surface area contributed by atoms with Gasteiger partial charge in [0.25, 0.3) is 11.4 Å². The van der Waals surface area contributed by atoms with E-state index in [0.717, 1.165) is 0 Å². The molecule has 2 aliphatic heterocycles. The summed E-state index contributed by atoms with van der Waals surface area (Å²) in [5.41, 5.74) is -0.460. The van der Waals surface area contributed by atoms with Gasteiger partial charge in [-0.2, -0.15) is 0 Å². The summed E-state index contributed by atoms with van der Waals surface area (Å²) in [7, 11) is 0. The lowest BCUT2D eigenvalue weighted by atomic mass is 9.81. The van der Waals surface area contributed by atoms with Gasteiger partial charge in [0.05, 0.1) is 23.1 Å². The zero-order valence-corrected chi connectivity index (χ0v) is 12.4. The standard InChI is InChI=1S/C16H12N2O6/c19-17(20)13-5-1-3-11(7-13)15(9-23-15)16(10-24-16)12-4-2-6-14(8-12)18(21)22/h1-8H,9-10H2. The second-order valence-corrected chi connectivity index (χ2v) is 5.85. The fourth-order valence-corrected chi connectivity index (χ4v) is 3.15. The van der Waals surface area contributed by atoms with Gasteiger partial charge in [0.2, 0.25) is 0 Å². The average Bonchev–Trinajstić information content (AvgIpc) is 3.47. The Labute approximate surface area is 135 Å². The quantitative estimate of drug-likeness (QED) is 0.474. The molecular weight excluding hydrogens is 316 g/mol. The lowest BCUT2D eigenvalue weighted by Crippen LogP contribution is -2.29. The Morgan fingerprint density at radius 1 is 0.792 bits per heavy atom. The highest BCUT2D eigenvalue weighted by Gasteiger charge is 2.72. The fourth-order valence-electron chi connectivity index (χ4n) is 3.15. The smallest absolute Gasteiger partial charge is 0.269 e. The van der Waals surface area contributed by atoms with Crippen molar-refractivity contribution in [3.63, 3.8) is 0 Å². The van der Waals surface area contributed by atoms with Gasteiger partial charge in [-0.05, 0) is 11.1 Å². The molecule has 2 unspecified atom stereocenters. The molecule has 2 aliphatic rings. The molecule has 0 N–H and O–H groups in total. The molecule has 8 heteroatoms. The van der Waals surface area contributed by atoms with Crippen molar-refractivity contribution in [2.24, 2.45) is 0 Å². The van der Waals surface area contributed by atoms with Crippen LogP contribution in [0.1, 0.15) is 11.1 Å². The molecule has 0 saturated carbocycles. The predicted octanol–water partition coefficient (Wildman–Crippen LogP) is 2.65. The van der Waals surface area contributed by atoms with Crippen LogP contribution in [0.3, 0.4) is 0 Å². The molecule has 0 radical (unpaired) electrons. The Kier molecular flexibility index (Phi) is 2.96. The molecular formula is C16H12N2O6. The number of rotatable bonds is 5. The lowest BCUT2D eigenvalue weighted by Gasteiger charge is -2.21. The minimum Gasteiger partial charge on any atom is -0.361 e. The Balaban J connectivity index is 1.77. The molecule has 2 atom stereocenters. The van der Waals surface area contributed by atoms with Gasteiger partial charge in [0, 0.05) is 24.3 Å². The second kappa shape index (κ2) is 4.83. The van der Waals surface area contributed by atoms with Crippen LogP contribution in [-0.4, -0.2) is 23.1 Å². The molecule has 8 nitrogen and oxygen atoms in total. The van der Waals surface area contributed by atoms with Crippen molar-refractivity contribution < 1.29 is 19.3 Å². The van der Waals surface area contributed by atoms with E-state index in [1.807, 2.05) is 0 Å². The van der Waals surface area contributed by atoms with E-state index in [9.17, 15) is 20.2 Å². The number of nitro groups is 2. The van der Waals surface area contributed by atoms with E-state index in [2.05, 4.69) is 0 Å². The predicted molar refractivity (Wildman–Crippen MR) is 81.5 cm³/mol. The van der Waals surface area contributed by atoms with E-state index >= 15 is 0 Å². The highest BCUT2D eigenvalue weighted by Crippen LogP contribution is 2.62. The third-order valence-corrected chi connectivity index (χ3v) is 4.56. The maximum Gasteiger partial charge on any atom is 0.269 e. The largest absolute Gasteiger partial charge is 0.361 e. The average molecular weight is 328 g/mol. The topological polar surface area (TPSA) is 111 Å². The molecule has 0 spiro atoms. The summed E-state index contributed by atoms with van der Waals surface area (Å²) >= 11 is 0. The van der Waals surface area contributed by atoms with Crippen LogP contribution in [0.4, 0.5) is 11.4 Å². The zero-order chi connectivity index (χ0) is 16.9. The normalized spacial score (nSPS) is 27.5. The molecule has 0 amide bonds. The van der Waals surface area contributed by atoms with Gasteiger partial charge in [-0.15, -0.1) is 0 Å². The van der Waals surface area contributed by atoms with Crippen LogP contribution < -0.4 is 0 Å². The maximum atomic E-state index is 11.0. The van der Waals surface area contributed by atoms with Crippen LogP contribution in [0.2, 0.25) is 0 Å². The molecule has 0 aromatic heterocycles. The van der Waals surface area contributed by atoms with E-state index < -0.39 is 21.0 Å². The molecule has 4 rings (SSSR count). The first-order valence-electron chi connectivity index (χ1n) is 7.26. The third kappa shape index (κ3) is 2.00. The van der Waals surface area contributed by atoms with Crippen molar-refractivity contribution in [2.45, 2.75) is 11.2 Å². The van der Waals surface area contributed by atoms with E-state index in [1.54, 1.807) is 24.3 Å². The molecule has 2 fully saturated rings. The summed E-state index contributed by atoms with van der Waals surface area (Å²) in [6, 6.07) is 12.4. The number of benzene rings is 2. The number of ether oxygens (including phenoxy) is 2. The van der Waals surface area contributed by atoms with E-state index in [1.165, 1.54) is 24.3 Å². The minimum absolute atomic E-state index is 0.0304. The van der Waals surface area contributed by atoms with Crippen LogP contribution in [0.5, 0.6) is 0 Å².